The lowest BCUT2D eigenvalue weighted by molar-refractivity contribution is -0.0497. The van der Waals surface area contributed by atoms with E-state index >= 15 is 0 Å². The maximum absolute atomic E-state index is 12.4. The maximum atomic E-state index is 12.4. The Bertz CT molecular complexity index is 939. The highest BCUT2D eigenvalue weighted by Crippen LogP contribution is 2.30. The molecular weight excluding hydrogens is 413 g/mol. The number of anilines is 2. The Kier molecular flexibility index (Phi) is 6.27. The van der Waals surface area contributed by atoms with Crippen molar-refractivity contribution in [2.24, 2.45) is 0 Å². The van der Waals surface area contributed by atoms with Crippen molar-refractivity contribution >= 4 is 50.5 Å². The van der Waals surface area contributed by atoms with E-state index in [2.05, 4.69) is 14.8 Å². The minimum atomic E-state index is -3.62. The van der Waals surface area contributed by atoms with Crippen molar-refractivity contribution < 1.29 is 26.7 Å². The van der Waals surface area contributed by atoms with Crippen LogP contribution in [0, 0.1) is 0 Å². The summed E-state index contributed by atoms with van der Waals surface area (Å²) in [5, 5.41) is 2.55. The van der Waals surface area contributed by atoms with Gasteiger partial charge in [-0.2, -0.15) is 8.78 Å². The molecule has 0 radical (unpaired) electrons. The van der Waals surface area contributed by atoms with Crippen molar-refractivity contribution in [3.05, 3.63) is 52.0 Å². The monoisotopic (exact) mass is 424 g/mol. The van der Waals surface area contributed by atoms with Gasteiger partial charge in [0.05, 0.1) is 22.5 Å². The highest BCUT2D eigenvalue weighted by Gasteiger charge is 2.16. The number of carbonyl (C=O) groups is 1. The Hall–Kier alpha value is -2.10. The van der Waals surface area contributed by atoms with Gasteiger partial charge in [-0.05, 0) is 36.4 Å². The summed E-state index contributed by atoms with van der Waals surface area (Å²) in [5.74, 6) is -0.931. The van der Waals surface area contributed by atoms with Gasteiger partial charge in [-0.15, -0.1) is 0 Å². The van der Waals surface area contributed by atoms with Gasteiger partial charge >= 0.3 is 6.61 Å². The maximum Gasteiger partial charge on any atom is 0.387 e. The standard InChI is InChI=1S/C15H12Cl2F2N2O4S/c1-26(23,24)21-12-4-2-8(16)6-10(12)14(22)20-9-3-5-13(11(17)7-9)25-15(18)19/h2-7,15,21H,1H3,(H,20,22). The molecule has 2 aromatic carbocycles. The largest absolute Gasteiger partial charge is 0.433 e. The van der Waals surface area contributed by atoms with E-state index in [0.717, 1.165) is 12.3 Å². The van der Waals surface area contributed by atoms with E-state index in [-0.39, 0.29) is 32.7 Å². The van der Waals surface area contributed by atoms with Crippen LogP contribution in [0.4, 0.5) is 20.2 Å². The molecule has 140 valence electrons. The lowest BCUT2D eigenvalue weighted by atomic mass is 10.1. The Balaban J connectivity index is 2.27. The molecule has 0 aliphatic heterocycles. The zero-order chi connectivity index (χ0) is 19.5. The molecule has 0 aromatic heterocycles. The first-order valence-electron chi connectivity index (χ1n) is 6.88. The van der Waals surface area contributed by atoms with E-state index < -0.39 is 22.5 Å². The predicted molar refractivity (Wildman–Crippen MR) is 96.0 cm³/mol. The fourth-order valence-electron chi connectivity index (χ4n) is 1.96. The summed E-state index contributed by atoms with van der Waals surface area (Å²) in [4.78, 5) is 12.4. The van der Waals surface area contributed by atoms with Gasteiger partial charge in [0, 0.05) is 10.7 Å². The first kappa shape index (κ1) is 20.2. The second-order valence-electron chi connectivity index (χ2n) is 5.04. The number of sulfonamides is 1. The van der Waals surface area contributed by atoms with Crippen molar-refractivity contribution in [3.63, 3.8) is 0 Å². The van der Waals surface area contributed by atoms with Crippen molar-refractivity contribution in [2.75, 3.05) is 16.3 Å². The van der Waals surface area contributed by atoms with Gasteiger partial charge < -0.3 is 10.1 Å². The molecule has 11 heteroatoms. The molecule has 1 amide bonds. The van der Waals surface area contributed by atoms with Crippen molar-refractivity contribution in [2.45, 2.75) is 6.61 Å². The van der Waals surface area contributed by atoms with Gasteiger partial charge in [-0.3, -0.25) is 9.52 Å². The number of ether oxygens (including phenoxy) is 1. The van der Waals surface area contributed by atoms with Gasteiger partial charge in [0.1, 0.15) is 5.75 Å². The lowest BCUT2D eigenvalue weighted by Gasteiger charge is -2.13. The van der Waals surface area contributed by atoms with Crippen LogP contribution in [0.3, 0.4) is 0 Å². The summed E-state index contributed by atoms with van der Waals surface area (Å²) >= 11 is 11.7. The van der Waals surface area contributed by atoms with Crippen LogP contribution in [0.25, 0.3) is 0 Å². The minimum absolute atomic E-state index is 0.0261. The van der Waals surface area contributed by atoms with E-state index in [1.807, 2.05) is 0 Å². The van der Waals surface area contributed by atoms with E-state index in [1.165, 1.54) is 30.3 Å². The van der Waals surface area contributed by atoms with Crippen molar-refractivity contribution in [1.29, 1.82) is 0 Å². The normalized spacial score (nSPS) is 11.3. The quantitative estimate of drug-likeness (QED) is 0.726. The Labute approximate surface area is 158 Å². The van der Waals surface area contributed by atoms with Gasteiger partial charge in [0.2, 0.25) is 10.0 Å². The average molecular weight is 425 g/mol. The van der Waals surface area contributed by atoms with Gasteiger partial charge in [-0.25, -0.2) is 8.42 Å². The lowest BCUT2D eigenvalue weighted by Crippen LogP contribution is -2.17. The zero-order valence-electron chi connectivity index (χ0n) is 13.1. The molecule has 0 aliphatic carbocycles. The number of nitrogens with one attached hydrogen (secondary N) is 2. The molecule has 0 atom stereocenters. The number of benzene rings is 2. The molecule has 0 fully saturated rings. The van der Waals surface area contributed by atoms with Crippen LogP contribution >= 0.6 is 23.2 Å². The van der Waals surface area contributed by atoms with E-state index in [4.69, 9.17) is 23.2 Å². The Morgan fingerprint density at radius 1 is 1.15 bits per heavy atom. The molecule has 26 heavy (non-hydrogen) atoms. The van der Waals surface area contributed by atoms with Crippen LogP contribution in [-0.4, -0.2) is 27.2 Å². The molecule has 2 rings (SSSR count). The van der Waals surface area contributed by atoms with Crippen LogP contribution in [0.15, 0.2) is 36.4 Å². The second-order valence-corrected chi connectivity index (χ2v) is 7.63. The summed E-state index contributed by atoms with van der Waals surface area (Å²) < 4.78 is 53.7. The molecule has 0 heterocycles. The van der Waals surface area contributed by atoms with Crippen LogP contribution in [0.1, 0.15) is 10.4 Å². The first-order valence-corrected chi connectivity index (χ1v) is 9.53. The Morgan fingerprint density at radius 3 is 2.42 bits per heavy atom. The highest BCUT2D eigenvalue weighted by atomic mass is 35.5. The smallest absolute Gasteiger partial charge is 0.387 e. The second kappa shape index (κ2) is 8.07. The summed E-state index contributed by atoms with van der Waals surface area (Å²) in [5.41, 5.74) is 0.178. The number of halogens is 4. The van der Waals surface area contributed by atoms with E-state index in [9.17, 15) is 22.0 Å². The van der Waals surface area contributed by atoms with Crippen LogP contribution in [-0.2, 0) is 10.0 Å². The van der Waals surface area contributed by atoms with Crippen LogP contribution < -0.4 is 14.8 Å². The van der Waals surface area contributed by atoms with E-state index in [0.29, 0.717) is 0 Å². The Morgan fingerprint density at radius 2 is 1.85 bits per heavy atom. The fourth-order valence-corrected chi connectivity index (χ4v) is 2.94. The minimum Gasteiger partial charge on any atom is -0.433 e. The molecule has 2 aromatic rings. The molecule has 6 nitrogen and oxygen atoms in total. The number of hydrogen-bond acceptors (Lipinski definition) is 4. The SMILES string of the molecule is CS(=O)(=O)Nc1ccc(Cl)cc1C(=O)Nc1ccc(OC(F)F)c(Cl)c1. The third-order valence-electron chi connectivity index (χ3n) is 2.93. The van der Waals surface area contributed by atoms with Gasteiger partial charge in [0.15, 0.2) is 0 Å². The highest BCUT2D eigenvalue weighted by molar-refractivity contribution is 7.92. The summed E-state index contributed by atoms with van der Waals surface area (Å²) in [7, 11) is -3.62. The third kappa shape index (κ3) is 5.72. The number of hydrogen-bond donors (Lipinski definition) is 2. The molecule has 0 saturated heterocycles. The number of rotatable bonds is 6. The van der Waals surface area contributed by atoms with Crippen molar-refractivity contribution in [1.82, 2.24) is 0 Å². The summed E-state index contributed by atoms with van der Waals surface area (Å²) in [6, 6.07) is 7.71. The zero-order valence-corrected chi connectivity index (χ0v) is 15.4. The predicted octanol–water partition coefficient (Wildman–Crippen LogP) is 4.22. The molecule has 0 unspecified atom stereocenters. The molecular formula is C15H12Cl2F2N2O4S. The van der Waals surface area contributed by atoms with Gasteiger partial charge in [0.25, 0.3) is 5.91 Å². The third-order valence-corrected chi connectivity index (χ3v) is 4.05. The number of carbonyl (C=O) groups excluding carboxylic acids is 1. The summed E-state index contributed by atoms with van der Waals surface area (Å²) in [6.07, 6.45) is 0.935. The molecule has 0 bridgehead atoms. The molecule has 0 saturated carbocycles. The molecule has 0 aliphatic rings. The van der Waals surface area contributed by atoms with E-state index in [1.54, 1.807) is 0 Å². The van der Waals surface area contributed by atoms with Crippen LogP contribution in [0.5, 0.6) is 5.75 Å². The number of alkyl halides is 2. The van der Waals surface area contributed by atoms with Crippen LogP contribution in [0.2, 0.25) is 10.0 Å². The molecule has 0 spiro atoms. The molecule has 2 N–H and O–H groups in total. The fraction of sp³-hybridized carbons (Fsp3) is 0.133. The average Bonchev–Trinajstić information content (AvgIpc) is 2.50. The first-order chi connectivity index (χ1) is 12.0. The van der Waals surface area contributed by atoms with Crippen molar-refractivity contribution in [3.8, 4) is 5.75 Å². The number of amides is 1. The van der Waals surface area contributed by atoms with Gasteiger partial charge in [-0.1, -0.05) is 23.2 Å². The topological polar surface area (TPSA) is 84.5 Å². The summed E-state index contributed by atoms with van der Waals surface area (Å²) in [6.45, 7) is -3.04.